The van der Waals surface area contributed by atoms with Crippen molar-refractivity contribution in [2.75, 3.05) is 48.4 Å². The maximum absolute atomic E-state index is 12.6. The maximum atomic E-state index is 12.6. The van der Waals surface area contributed by atoms with Crippen LogP contribution in [-0.2, 0) is 32.6 Å². The van der Waals surface area contributed by atoms with Crippen molar-refractivity contribution in [1.29, 1.82) is 0 Å². The third kappa shape index (κ3) is 10.6. The number of carbonyl (C=O) groups excluding carboxylic acids is 2. The summed E-state index contributed by atoms with van der Waals surface area (Å²) in [4.78, 5) is 27.0. The Morgan fingerprint density at radius 1 is 0.947 bits per heavy atom. The van der Waals surface area contributed by atoms with E-state index in [1.807, 2.05) is 14.0 Å². The highest BCUT2D eigenvalue weighted by atomic mass is 32.2. The van der Waals surface area contributed by atoms with Crippen LogP contribution in [0.3, 0.4) is 0 Å². The molecule has 0 bridgehead atoms. The number of likely N-dealkylation sites (N-methyl/N-ethyl adjacent to an activating group) is 2. The Morgan fingerprint density at radius 3 is 2.03 bits per heavy atom. The van der Waals surface area contributed by atoms with Crippen LogP contribution in [0.15, 0.2) is 41.3 Å². The Morgan fingerprint density at radius 2 is 1.53 bits per heavy atom. The molecule has 0 saturated carbocycles. The van der Waals surface area contributed by atoms with Crippen molar-refractivity contribution in [3.05, 3.63) is 58.7 Å². The first kappa shape index (κ1) is 33.3. The van der Waals surface area contributed by atoms with Crippen LogP contribution in [0.4, 0.5) is 0 Å². The lowest BCUT2D eigenvalue weighted by Gasteiger charge is -2.20. The third-order valence-corrected chi connectivity index (χ3v) is 8.17. The van der Waals surface area contributed by atoms with Gasteiger partial charge in [-0.05, 0) is 75.2 Å². The number of Topliss-reactive ketones (excluding diaryl/α,β-unsaturated/α-hetero) is 1. The summed E-state index contributed by atoms with van der Waals surface area (Å²) in [6, 6.07) is 11.8. The first-order valence-electron chi connectivity index (χ1n) is 12.8. The predicted molar refractivity (Wildman–Crippen MR) is 153 cm³/mol. The molecule has 0 unspecified atom stereocenters. The number of benzene rings is 2. The molecular formula is C29H45N3O5S. The lowest BCUT2D eigenvalue weighted by atomic mass is 10.1. The molecule has 0 aliphatic rings. The molecule has 38 heavy (non-hydrogen) atoms. The van der Waals surface area contributed by atoms with Crippen LogP contribution in [0, 0.1) is 13.8 Å². The number of methoxy groups -OCH3 is 1. The van der Waals surface area contributed by atoms with E-state index in [1.54, 1.807) is 37.8 Å². The fourth-order valence-corrected chi connectivity index (χ4v) is 5.46. The number of ketones is 1. The van der Waals surface area contributed by atoms with E-state index in [1.165, 1.54) is 25.3 Å². The van der Waals surface area contributed by atoms with Gasteiger partial charge in [-0.3, -0.25) is 9.59 Å². The molecule has 0 heterocycles. The summed E-state index contributed by atoms with van der Waals surface area (Å²) in [5.41, 5.74) is 3.75. The molecule has 0 atom stereocenters. The van der Waals surface area contributed by atoms with Gasteiger partial charge in [-0.2, -0.15) is 4.31 Å². The number of ether oxygens (including phenoxy) is 1. The second-order valence-corrected chi connectivity index (χ2v) is 11.9. The molecule has 0 fully saturated rings. The van der Waals surface area contributed by atoms with Crippen LogP contribution in [0.1, 0.15) is 48.9 Å². The average molecular weight is 548 g/mol. The van der Waals surface area contributed by atoms with Gasteiger partial charge in [-0.25, -0.2) is 8.42 Å². The molecule has 0 spiro atoms. The standard InChI is InChI=1S/C15H23NO4S.C14H22N2O/c1-6-7-13(17)10-16(4)21(18,19)15-11(2)8-14(20-5)9-12(15)3;1-12(17)16(4)11-14-7-5-6-13(10-14)8-9-15(2)3/h8-9H,6-7,10H2,1-5H3;5-7,10H,8-9,11H2,1-4H3. The second kappa shape index (κ2) is 15.6. The number of rotatable bonds is 12. The van der Waals surface area contributed by atoms with Gasteiger partial charge in [0.25, 0.3) is 0 Å². The molecule has 0 saturated heterocycles. The first-order chi connectivity index (χ1) is 17.7. The van der Waals surface area contributed by atoms with E-state index in [9.17, 15) is 18.0 Å². The van der Waals surface area contributed by atoms with Crippen LogP contribution in [0.2, 0.25) is 0 Å². The van der Waals surface area contributed by atoms with E-state index in [2.05, 4.69) is 43.3 Å². The zero-order valence-electron chi connectivity index (χ0n) is 24.5. The highest BCUT2D eigenvalue weighted by molar-refractivity contribution is 7.89. The monoisotopic (exact) mass is 547 g/mol. The Bertz CT molecular complexity index is 1160. The van der Waals surface area contributed by atoms with Gasteiger partial charge in [0, 0.05) is 40.5 Å². The van der Waals surface area contributed by atoms with Crippen molar-refractivity contribution in [3.8, 4) is 5.75 Å². The van der Waals surface area contributed by atoms with Gasteiger partial charge in [0.1, 0.15) is 11.5 Å². The van der Waals surface area contributed by atoms with E-state index in [0.717, 1.165) is 17.3 Å². The molecule has 2 aromatic rings. The molecule has 1 amide bonds. The summed E-state index contributed by atoms with van der Waals surface area (Å²) >= 11 is 0. The molecule has 0 N–H and O–H groups in total. The van der Waals surface area contributed by atoms with Crippen LogP contribution in [0.25, 0.3) is 0 Å². The van der Waals surface area contributed by atoms with Crippen LogP contribution >= 0.6 is 0 Å². The molecule has 0 aromatic heterocycles. The van der Waals surface area contributed by atoms with Crippen molar-refractivity contribution >= 4 is 21.7 Å². The number of amides is 1. The van der Waals surface area contributed by atoms with Gasteiger partial charge in [0.2, 0.25) is 15.9 Å². The maximum Gasteiger partial charge on any atom is 0.243 e. The van der Waals surface area contributed by atoms with Gasteiger partial charge >= 0.3 is 0 Å². The number of nitrogens with zero attached hydrogens (tertiary/aromatic N) is 3. The zero-order valence-corrected chi connectivity index (χ0v) is 25.3. The topological polar surface area (TPSA) is 87.2 Å². The van der Waals surface area contributed by atoms with E-state index in [4.69, 9.17) is 4.74 Å². The fraction of sp³-hybridized carbons (Fsp3) is 0.517. The summed E-state index contributed by atoms with van der Waals surface area (Å²) in [6.45, 7) is 8.58. The number of hydrogen-bond donors (Lipinski definition) is 0. The minimum absolute atomic E-state index is 0.0765. The summed E-state index contributed by atoms with van der Waals surface area (Å²) in [5, 5.41) is 0. The van der Waals surface area contributed by atoms with Crippen molar-refractivity contribution in [3.63, 3.8) is 0 Å². The fourth-order valence-electron chi connectivity index (χ4n) is 3.90. The van der Waals surface area contributed by atoms with Gasteiger partial charge in [-0.15, -0.1) is 0 Å². The molecule has 9 heteroatoms. The Labute approximate surface area is 229 Å². The second-order valence-electron chi connectivity index (χ2n) is 9.89. The largest absolute Gasteiger partial charge is 0.497 e. The normalized spacial score (nSPS) is 11.2. The zero-order chi connectivity index (χ0) is 29.0. The highest BCUT2D eigenvalue weighted by Gasteiger charge is 2.26. The highest BCUT2D eigenvalue weighted by Crippen LogP contribution is 2.27. The lowest BCUT2D eigenvalue weighted by Crippen LogP contribution is -2.33. The summed E-state index contributed by atoms with van der Waals surface area (Å²) in [6.07, 6.45) is 2.15. The Hall–Kier alpha value is -2.75. The summed E-state index contributed by atoms with van der Waals surface area (Å²) in [5.74, 6) is 0.643. The number of sulfonamides is 1. The summed E-state index contributed by atoms with van der Waals surface area (Å²) < 4.78 is 31.5. The molecule has 8 nitrogen and oxygen atoms in total. The van der Waals surface area contributed by atoms with Gasteiger partial charge in [-0.1, -0.05) is 31.2 Å². The molecule has 0 aliphatic carbocycles. The van der Waals surface area contributed by atoms with Gasteiger partial charge in [0.05, 0.1) is 18.6 Å². The SMILES string of the molecule is CC(=O)N(C)Cc1cccc(CCN(C)C)c1.CCCC(=O)CN(C)S(=O)(=O)c1c(C)cc(OC)cc1C. The number of aryl methyl sites for hydroxylation is 2. The quantitative estimate of drug-likeness (QED) is 0.398. The van der Waals surface area contributed by atoms with Crippen molar-refractivity contribution in [1.82, 2.24) is 14.1 Å². The number of hydrogen-bond acceptors (Lipinski definition) is 6. The van der Waals surface area contributed by atoms with Gasteiger partial charge in [0.15, 0.2) is 0 Å². The van der Waals surface area contributed by atoms with Crippen LogP contribution in [-0.4, -0.2) is 82.6 Å². The van der Waals surface area contributed by atoms with Crippen molar-refractivity contribution in [2.24, 2.45) is 0 Å². The third-order valence-electron chi connectivity index (χ3n) is 6.06. The van der Waals surface area contributed by atoms with Crippen molar-refractivity contribution in [2.45, 2.75) is 58.4 Å². The summed E-state index contributed by atoms with van der Waals surface area (Å²) in [7, 11) is 5.28. The van der Waals surface area contributed by atoms with E-state index >= 15 is 0 Å². The van der Waals surface area contributed by atoms with Crippen molar-refractivity contribution < 1.29 is 22.7 Å². The Balaban J connectivity index is 0.000000389. The average Bonchev–Trinajstić information content (AvgIpc) is 2.82. The van der Waals surface area contributed by atoms with E-state index in [0.29, 0.717) is 36.3 Å². The molecule has 212 valence electrons. The minimum Gasteiger partial charge on any atom is -0.497 e. The predicted octanol–water partition coefficient (Wildman–Crippen LogP) is 4.07. The molecule has 2 rings (SSSR count). The molecular weight excluding hydrogens is 502 g/mol. The lowest BCUT2D eigenvalue weighted by molar-refractivity contribution is -0.128. The smallest absolute Gasteiger partial charge is 0.243 e. The van der Waals surface area contributed by atoms with E-state index < -0.39 is 10.0 Å². The van der Waals surface area contributed by atoms with Crippen LogP contribution < -0.4 is 4.74 Å². The number of carbonyl (C=O) groups is 2. The van der Waals surface area contributed by atoms with Gasteiger partial charge < -0.3 is 14.5 Å². The minimum atomic E-state index is -3.68. The molecule has 2 aromatic carbocycles. The van der Waals surface area contributed by atoms with Crippen LogP contribution in [0.5, 0.6) is 5.75 Å². The molecule has 0 radical (unpaired) electrons. The van der Waals surface area contributed by atoms with E-state index in [-0.39, 0.29) is 23.1 Å². The Kier molecular flexibility index (Phi) is 13.7. The molecule has 0 aliphatic heterocycles. The first-order valence-corrected chi connectivity index (χ1v) is 14.2.